The van der Waals surface area contributed by atoms with Gasteiger partial charge >= 0.3 is 0 Å². The standard InChI is InChI=1S/C16H16ClNO5/c1-21-13-8-15(23-3)14(22-2)7-10(13)16(20)18-11-6-9(17)4-5-12(11)19/h4-8,19H,1-3H3,(H,18,20). The number of phenolic OH excluding ortho intramolecular Hbond substituents is 1. The van der Waals surface area contributed by atoms with Crippen molar-refractivity contribution in [2.24, 2.45) is 0 Å². The van der Waals surface area contributed by atoms with Crippen LogP contribution in [0.2, 0.25) is 5.02 Å². The molecule has 0 heterocycles. The zero-order chi connectivity index (χ0) is 17.0. The van der Waals surface area contributed by atoms with Gasteiger partial charge in [0.05, 0.1) is 32.6 Å². The maximum atomic E-state index is 12.5. The number of phenols is 1. The van der Waals surface area contributed by atoms with Crippen molar-refractivity contribution < 1.29 is 24.1 Å². The molecule has 1 amide bonds. The third-order valence-corrected chi connectivity index (χ3v) is 3.39. The van der Waals surface area contributed by atoms with E-state index in [0.717, 1.165) is 0 Å². The predicted octanol–water partition coefficient (Wildman–Crippen LogP) is 3.32. The fourth-order valence-corrected chi connectivity index (χ4v) is 2.18. The zero-order valence-electron chi connectivity index (χ0n) is 12.8. The lowest BCUT2D eigenvalue weighted by molar-refractivity contribution is 0.102. The van der Waals surface area contributed by atoms with E-state index in [9.17, 15) is 9.90 Å². The number of amides is 1. The van der Waals surface area contributed by atoms with Crippen molar-refractivity contribution >= 4 is 23.2 Å². The normalized spacial score (nSPS) is 10.1. The summed E-state index contributed by atoms with van der Waals surface area (Å²) in [7, 11) is 4.39. The van der Waals surface area contributed by atoms with E-state index >= 15 is 0 Å². The van der Waals surface area contributed by atoms with Gasteiger partial charge in [0.15, 0.2) is 11.5 Å². The molecule has 6 nitrogen and oxygen atoms in total. The molecular weight excluding hydrogens is 322 g/mol. The maximum absolute atomic E-state index is 12.5. The van der Waals surface area contributed by atoms with Crippen molar-refractivity contribution in [3.05, 3.63) is 40.9 Å². The smallest absolute Gasteiger partial charge is 0.259 e. The molecule has 2 aromatic rings. The molecule has 7 heteroatoms. The predicted molar refractivity (Wildman–Crippen MR) is 87.2 cm³/mol. The first kappa shape index (κ1) is 16.8. The Balaban J connectivity index is 2.40. The number of hydrogen-bond acceptors (Lipinski definition) is 5. The van der Waals surface area contributed by atoms with Crippen LogP contribution in [0.1, 0.15) is 10.4 Å². The number of benzene rings is 2. The Morgan fingerprint density at radius 3 is 2.22 bits per heavy atom. The Morgan fingerprint density at radius 2 is 1.61 bits per heavy atom. The highest BCUT2D eigenvalue weighted by atomic mass is 35.5. The van der Waals surface area contributed by atoms with Crippen LogP contribution in [0.15, 0.2) is 30.3 Å². The van der Waals surface area contributed by atoms with E-state index in [1.54, 1.807) is 6.07 Å². The molecule has 0 aliphatic rings. The van der Waals surface area contributed by atoms with Crippen LogP contribution in [-0.2, 0) is 0 Å². The van der Waals surface area contributed by atoms with Crippen LogP contribution in [0.25, 0.3) is 0 Å². The Kier molecular flexibility index (Phi) is 5.18. The zero-order valence-corrected chi connectivity index (χ0v) is 13.6. The van der Waals surface area contributed by atoms with Gasteiger partial charge < -0.3 is 24.6 Å². The summed E-state index contributed by atoms with van der Waals surface area (Å²) in [6.07, 6.45) is 0. The summed E-state index contributed by atoms with van der Waals surface area (Å²) in [6.45, 7) is 0. The van der Waals surface area contributed by atoms with E-state index in [2.05, 4.69) is 5.32 Å². The molecule has 0 fully saturated rings. The molecular formula is C16H16ClNO5. The molecule has 0 radical (unpaired) electrons. The molecule has 0 aliphatic carbocycles. The first-order valence-corrected chi connectivity index (χ1v) is 6.97. The molecule has 0 atom stereocenters. The van der Waals surface area contributed by atoms with Crippen LogP contribution in [0.4, 0.5) is 5.69 Å². The fourth-order valence-electron chi connectivity index (χ4n) is 2.00. The van der Waals surface area contributed by atoms with E-state index < -0.39 is 5.91 Å². The fraction of sp³-hybridized carbons (Fsp3) is 0.188. The Morgan fingerprint density at radius 1 is 1.00 bits per heavy atom. The van der Waals surface area contributed by atoms with Crippen molar-refractivity contribution in [3.8, 4) is 23.0 Å². The van der Waals surface area contributed by atoms with E-state index in [0.29, 0.717) is 22.3 Å². The first-order valence-electron chi connectivity index (χ1n) is 6.60. The SMILES string of the molecule is COc1cc(OC)c(C(=O)Nc2cc(Cl)ccc2O)cc1OC. The van der Waals surface area contributed by atoms with Crippen LogP contribution in [0.3, 0.4) is 0 Å². The largest absolute Gasteiger partial charge is 0.506 e. The lowest BCUT2D eigenvalue weighted by Crippen LogP contribution is -2.14. The molecule has 0 spiro atoms. The van der Waals surface area contributed by atoms with Gasteiger partial charge in [0.2, 0.25) is 0 Å². The first-order chi connectivity index (χ1) is 11.0. The molecule has 0 saturated heterocycles. The van der Waals surface area contributed by atoms with Gasteiger partial charge in [0, 0.05) is 17.2 Å². The third kappa shape index (κ3) is 3.60. The number of hydrogen-bond donors (Lipinski definition) is 2. The molecule has 0 saturated carbocycles. The molecule has 2 aromatic carbocycles. The molecule has 0 unspecified atom stereocenters. The van der Waals surface area contributed by atoms with Gasteiger partial charge in [-0.2, -0.15) is 0 Å². The van der Waals surface area contributed by atoms with Crippen molar-refractivity contribution in [3.63, 3.8) is 0 Å². The van der Waals surface area contributed by atoms with Gasteiger partial charge in [-0.1, -0.05) is 11.6 Å². The number of carbonyl (C=O) groups excluding carboxylic acids is 1. The number of methoxy groups -OCH3 is 3. The van der Waals surface area contributed by atoms with E-state index in [1.807, 2.05) is 0 Å². The number of halogens is 1. The van der Waals surface area contributed by atoms with Gasteiger partial charge in [-0.3, -0.25) is 4.79 Å². The third-order valence-electron chi connectivity index (χ3n) is 3.16. The van der Waals surface area contributed by atoms with Crippen LogP contribution in [0.5, 0.6) is 23.0 Å². The summed E-state index contributed by atoms with van der Waals surface area (Å²) in [6, 6.07) is 7.40. The Labute approximate surface area is 138 Å². The highest BCUT2D eigenvalue weighted by Crippen LogP contribution is 2.35. The highest BCUT2D eigenvalue weighted by molar-refractivity contribution is 6.31. The second-order valence-electron chi connectivity index (χ2n) is 4.52. The van der Waals surface area contributed by atoms with Crippen molar-refractivity contribution in [1.29, 1.82) is 0 Å². The van der Waals surface area contributed by atoms with Gasteiger partial charge in [-0.05, 0) is 18.2 Å². The number of anilines is 1. The number of nitrogens with one attached hydrogen (secondary N) is 1. The van der Waals surface area contributed by atoms with Gasteiger partial charge in [-0.25, -0.2) is 0 Å². The minimum Gasteiger partial charge on any atom is -0.506 e. The molecule has 2 N–H and O–H groups in total. The van der Waals surface area contributed by atoms with Gasteiger partial charge in [0.1, 0.15) is 11.5 Å². The highest BCUT2D eigenvalue weighted by Gasteiger charge is 2.18. The monoisotopic (exact) mass is 337 g/mol. The summed E-state index contributed by atoms with van der Waals surface area (Å²) in [5.74, 6) is 0.546. The van der Waals surface area contributed by atoms with Crippen LogP contribution in [0, 0.1) is 0 Å². The van der Waals surface area contributed by atoms with Crippen LogP contribution < -0.4 is 19.5 Å². The summed E-state index contributed by atoms with van der Waals surface area (Å²) in [5.41, 5.74) is 0.420. The average molecular weight is 338 g/mol. The van der Waals surface area contributed by atoms with Crippen molar-refractivity contribution in [2.45, 2.75) is 0 Å². The summed E-state index contributed by atoms with van der Waals surface area (Å²) < 4.78 is 15.6. The summed E-state index contributed by atoms with van der Waals surface area (Å²) in [4.78, 5) is 12.5. The van der Waals surface area contributed by atoms with Crippen molar-refractivity contribution in [2.75, 3.05) is 26.6 Å². The minimum atomic E-state index is -0.486. The minimum absolute atomic E-state index is 0.0952. The number of aromatic hydroxyl groups is 1. The van der Waals surface area contributed by atoms with Crippen LogP contribution in [-0.4, -0.2) is 32.3 Å². The van der Waals surface area contributed by atoms with E-state index in [-0.39, 0.29) is 17.0 Å². The Bertz CT molecular complexity index is 733. The molecule has 0 bridgehead atoms. The molecule has 2 rings (SSSR count). The molecule has 0 aromatic heterocycles. The second kappa shape index (κ2) is 7.11. The van der Waals surface area contributed by atoms with Crippen LogP contribution >= 0.6 is 11.6 Å². The molecule has 23 heavy (non-hydrogen) atoms. The van der Waals surface area contributed by atoms with E-state index in [4.69, 9.17) is 25.8 Å². The Hall–Kier alpha value is -2.60. The molecule has 0 aliphatic heterocycles. The van der Waals surface area contributed by atoms with Crippen molar-refractivity contribution in [1.82, 2.24) is 0 Å². The average Bonchev–Trinajstić information content (AvgIpc) is 2.56. The topological polar surface area (TPSA) is 77.0 Å². The van der Waals surface area contributed by atoms with E-state index in [1.165, 1.54) is 45.6 Å². The lowest BCUT2D eigenvalue weighted by Gasteiger charge is -2.14. The summed E-state index contributed by atoms with van der Waals surface area (Å²) >= 11 is 5.87. The van der Waals surface area contributed by atoms with Gasteiger partial charge in [0.25, 0.3) is 5.91 Å². The lowest BCUT2D eigenvalue weighted by atomic mass is 10.1. The van der Waals surface area contributed by atoms with Gasteiger partial charge in [-0.15, -0.1) is 0 Å². The quantitative estimate of drug-likeness (QED) is 0.818. The molecule has 122 valence electrons. The number of carbonyl (C=O) groups is 1. The summed E-state index contributed by atoms with van der Waals surface area (Å²) in [5, 5.41) is 12.8. The second-order valence-corrected chi connectivity index (χ2v) is 4.96. The maximum Gasteiger partial charge on any atom is 0.259 e. The number of rotatable bonds is 5. The number of ether oxygens (including phenoxy) is 3.